The Labute approximate surface area is 111 Å². The number of nitrogens with zero attached hydrogens (tertiary/aromatic N) is 1. The number of hydrogen-bond donors (Lipinski definition) is 1. The second-order valence-corrected chi connectivity index (χ2v) is 4.88. The molecule has 1 aromatic rings. The Kier molecular flexibility index (Phi) is 4.47. The summed E-state index contributed by atoms with van der Waals surface area (Å²) in [5.74, 6) is -1.15. The molecule has 5 heteroatoms. The number of hydrogen-bond acceptors (Lipinski definition) is 2. The highest BCUT2D eigenvalue weighted by molar-refractivity contribution is 5.77. The van der Waals surface area contributed by atoms with Gasteiger partial charge in [0.25, 0.3) is 0 Å². The first kappa shape index (κ1) is 13.9. The van der Waals surface area contributed by atoms with Crippen LogP contribution in [-0.4, -0.2) is 36.5 Å². The molecule has 0 aliphatic carbocycles. The number of carbonyl (C=O) groups is 1. The normalized spacial score (nSPS) is 19.5. The Balaban J connectivity index is 1.92. The average Bonchev–Trinajstić information content (AvgIpc) is 2.38. The van der Waals surface area contributed by atoms with Crippen molar-refractivity contribution in [1.29, 1.82) is 0 Å². The number of benzene rings is 1. The molecule has 0 spiro atoms. The van der Waals surface area contributed by atoms with Gasteiger partial charge in [0.1, 0.15) is 11.6 Å². The van der Waals surface area contributed by atoms with E-state index < -0.39 is 11.6 Å². The Morgan fingerprint density at radius 2 is 2.26 bits per heavy atom. The molecule has 1 saturated heterocycles. The Morgan fingerprint density at radius 1 is 1.47 bits per heavy atom. The molecule has 104 valence electrons. The summed E-state index contributed by atoms with van der Waals surface area (Å²) in [6, 6.07) is 3.64. The molecule has 0 bridgehead atoms. The van der Waals surface area contributed by atoms with Gasteiger partial charge in [0.15, 0.2) is 0 Å². The van der Waals surface area contributed by atoms with E-state index in [-0.39, 0.29) is 18.4 Å². The predicted molar refractivity (Wildman–Crippen MR) is 68.7 cm³/mol. The molecule has 1 amide bonds. The van der Waals surface area contributed by atoms with E-state index in [0.717, 1.165) is 19.2 Å². The van der Waals surface area contributed by atoms with Gasteiger partial charge in [-0.1, -0.05) is 6.07 Å². The Hall–Kier alpha value is -1.49. The number of carbonyl (C=O) groups excluding carboxylic acids is 1. The minimum absolute atomic E-state index is 0.0257. The van der Waals surface area contributed by atoms with Crippen LogP contribution in [0.15, 0.2) is 18.2 Å². The Bertz CT molecular complexity index is 465. The second-order valence-electron chi connectivity index (χ2n) is 4.88. The van der Waals surface area contributed by atoms with Crippen LogP contribution in [0.5, 0.6) is 0 Å². The number of nitrogens with one attached hydrogen (secondary N) is 1. The van der Waals surface area contributed by atoms with Crippen molar-refractivity contribution in [1.82, 2.24) is 10.2 Å². The van der Waals surface area contributed by atoms with Crippen LogP contribution in [-0.2, 0) is 11.2 Å². The molecule has 0 saturated carbocycles. The topological polar surface area (TPSA) is 32.3 Å². The van der Waals surface area contributed by atoms with E-state index in [1.165, 1.54) is 12.1 Å². The van der Waals surface area contributed by atoms with E-state index in [1.807, 2.05) is 11.8 Å². The van der Waals surface area contributed by atoms with Crippen molar-refractivity contribution in [2.45, 2.75) is 25.8 Å². The summed E-state index contributed by atoms with van der Waals surface area (Å²) in [5, 5.41) is 3.21. The largest absolute Gasteiger partial charge is 0.337 e. The van der Waals surface area contributed by atoms with Crippen molar-refractivity contribution in [3.05, 3.63) is 35.4 Å². The van der Waals surface area contributed by atoms with Crippen molar-refractivity contribution in [3.63, 3.8) is 0 Å². The molecule has 1 atom stereocenters. The van der Waals surface area contributed by atoms with E-state index in [4.69, 9.17) is 0 Å². The first-order chi connectivity index (χ1) is 9.08. The SMILES string of the molecule is CC1CNCCN1C(=O)CCc1ccc(F)cc1F. The summed E-state index contributed by atoms with van der Waals surface area (Å²) in [6.45, 7) is 4.26. The van der Waals surface area contributed by atoms with Crippen molar-refractivity contribution in [2.75, 3.05) is 19.6 Å². The zero-order valence-electron chi connectivity index (χ0n) is 11.0. The second kappa shape index (κ2) is 6.10. The highest BCUT2D eigenvalue weighted by atomic mass is 19.1. The lowest BCUT2D eigenvalue weighted by molar-refractivity contribution is -0.133. The van der Waals surface area contributed by atoms with E-state index in [0.29, 0.717) is 18.5 Å². The molecule has 1 aromatic carbocycles. The molecule has 1 heterocycles. The summed E-state index contributed by atoms with van der Waals surface area (Å²) in [7, 11) is 0. The van der Waals surface area contributed by atoms with Crippen molar-refractivity contribution >= 4 is 5.91 Å². The average molecular weight is 268 g/mol. The highest BCUT2D eigenvalue weighted by Crippen LogP contribution is 2.13. The maximum absolute atomic E-state index is 13.4. The summed E-state index contributed by atoms with van der Waals surface area (Å²) in [4.78, 5) is 13.9. The van der Waals surface area contributed by atoms with E-state index >= 15 is 0 Å². The molecule has 1 aliphatic heterocycles. The third kappa shape index (κ3) is 3.50. The maximum atomic E-state index is 13.4. The van der Waals surface area contributed by atoms with E-state index in [2.05, 4.69) is 5.32 Å². The van der Waals surface area contributed by atoms with Crippen LogP contribution in [0.3, 0.4) is 0 Å². The molecule has 1 N–H and O–H groups in total. The molecule has 1 fully saturated rings. The minimum atomic E-state index is -0.594. The lowest BCUT2D eigenvalue weighted by Gasteiger charge is -2.34. The van der Waals surface area contributed by atoms with Crippen LogP contribution in [0.4, 0.5) is 8.78 Å². The smallest absolute Gasteiger partial charge is 0.223 e. The van der Waals surface area contributed by atoms with Crippen molar-refractivity contribution < 1.29 is 13.6 Å². The predicted octanol–water partition coefficient (Wildman–Crippen LogP) is 1.72. The van der Waals surface area contributed by atoms with Crippen molar-refractivity contribution in [2.24, 2.45) is 0 Å². The van der Waals surface area contributed by atoms with E-state index in [1.54, 1.807) is 0 Å². The fourth-order valence-corrected chi connectivity index (χ4v) is 2.32. The number of halogens is 2. The molecule has 1 aliphatic rings. The van der Waals surface area contributed by atoms with Gasteiger partial charge >= 0.3 is 0 Å². The number of amides is 1. The van der Waals surface area contributed by atoms with Gasteiger partial charge < -0.3 is 10.2 Å². The van der Waals surface area contributed by atoms with Crippen LogP contribution in [0.25, 0.3) is 0 Å². The van der Waals surface area contributed by atoms with Gasteiger partial charge in [-0.2, -0.15) is 0 Å². The van der Waals surface area contributed by atoms with Gasteiger partial charge in [-0.05, 0) is 25.0 Å². The molecule has 0 radical (unpaired) electrons. The monoisotopic (exact) mass is 268 g/mol. The first-order valence-electron chi connectivity index (χ1n) is 6.52. The standard InChI is InChI=1S/C14H18F2N2O/c1-10-9-17-6-7-18(10)14(19)5-3-11-2-4-12(15)8-13(11)16/h2,4,8,10,17H,3,5-7,9H2,1H3. The zero-order chi connectivity index (χ0) is 13.8. The molecule has 3 nitrogen and oxygen atoms in total. The van der Waals surface area contributed by atoms with Crippen LogP contribution >= 0.6 is 0 Å². The van der Waals surface area contributed by atoms with Gasteiger partial charge in [0.2, 0.25) is 5.91 Å². The molecule has 1 unspecified atom stereocenters. The highest BCUT2D eigenvalue weighted by Gasteiger charge is 2.22. The van der Waals surface area contributed by atoms with Crippen LogP contribution in [0.2, 0.25) is 0 Å². The molecular weight excluding hydrogens is 250 g/mol. The summed E-state index contributed by atoms with van der Waals surface area (Å²) in [6.07, 6.45) is 0.564. The minimum Gasteiger partial charge on any atom is -0.337 e. The summed E-state index contributed by atoms with van der Waals surface area (Å²) in [5.41, 5.74) is 0.387. The third-order valence-corrected chi connectivity index (χ3v) is 3.44. The third-order valence-electron chi connectivity index (χ3n) is 3.44. The fourth-order valence-electron chi connectivity index (χ4n) is 2.32. The summed E-state index contributed by atoms with van der Waals surface area (Å²) < 4.78 is 26.2. The van der Waals surface area contributed by atoms with E-state index in [9.17, 15) is 13.6 Å². The van der Waals surface area contributed by atoms with Crippen LogP contribution in [0, 0.1) is 11.6 Å². The Morgan fingerprint density at radius 3 is 2.95 bits per heavy atom. The maximum Gasteiger partial charge on any atom is 0.223 e. The van der Waals surface area contributed by atoms with Crippen LogP contribution in [0.1, 0.15) is 18.9 Å². The van der Waals surface area contributed by atoms with Crippen LogP contribution < -0.4 is 5.32 Å². The van der Waals surface area contributed by atoms with Gasteiger partial charge in [0, 0.05) is 38.2 Å². The molecule has 0 aromatic heterocycles. The molecular formula is C14H18F2N2O. The van der Waals surface area contributed by atoms with Crippen molar-refractivity contribution in [3.8, 4) is 0 Å². The first-order valence-corrected chi connectivity index (χ1v) is 6.52. The number of rotatable bonds is 3. The lowest BCUT2D eigenvalue weighted by atomic mass is 10.1. The number of aryl methyl sites for hydroxylation is 1. The molecule has 2 rings (SSSR count). The van der Waals surface area contributed by atoms with Gasteiger partial charge in [0.05, 0.1) is 0 Å². The van der Waals surface area contributed by atoms with Gasteiger partial charge in [-0.25, -0.2) is 8.78 Å². The molecule has 19 heavy (non-hydrogen) atoms. The fraction of sp³-hybridized carbons (Fsp3) is 0.500. The summed E-state index contributed by atoms with van der Waals surface area (Å²) >= 11 is 0. The van der Waals surface area contributed by atoms with Gasteiger partial charge in [-0.15, -0.1) is 0 Å². The number of piperazine rings is 1. The quantitative estimate of drug-likeness (QED) is 0.905. The lowest BCUT2D eigenvalue weighted by Crippen LogP contribution is -2.52. The van der Waals surface area contributed by atoms with Gasteiger partial charge in [-0.3, -0.25) is 4.79 Å². The zero-order valence-corrected chi connectivity index (χ0v) is 11.0.